The van der Waals surface area contributed by atoms with E-state index in [1.54, 1.807) is 7.11 Å². The van der Waals surface area contributed by atoms with Gasteiger partial charge in [0, 0.05) is 30.7 Å². The van der Waals surface area contributed by atoms with Crippen molar-refractivity contribution in [2.45, 2.75) is 12.5 Å². The van der Waals surface area contributed by atoms with Gasteiger partial charge < -0.3 is 15.0 Å². The zero-order chi connectivity index (χ0) is 13.2. The number of hydrogen-bond acceptors (Lipinski definition) is 4. The van der Waals surface area contributed by atoms with E-state index in [1.165, 1.54) is 17.2 Å². The summed E-state index contributed by atoms with van der Waals surface area (Å²) in [6.45, 7) is 2.06. The number of ether oxygens (including phenoxy) is 1. The fourth-order valence-electron chi connectivity index (χ4n) is 2.70. The summed E-state index contributed by atoms with van der Waals surface area (Å²) >= 11 is 0. The highest BCUT2D eigenvalue weighted by atomic mass is 16.5. The summed E-state index contributed by atoms with van der Waals surface area (Å²) < 4.78 is 5.32. The molecule has 0 aliphatic carbocycles. The van der Waals surface area contributed by atoms with Gasteiger partial charge in [0.25, 0.3) is 0 Å². The molecule has 0 spiro atoms. The molecule has 3 rings (SSSR count). The smallest absolute Gasteiger partial charge is 0.136 e. The van der Waals surface area contributed by atoms with Crippen molar-refractivity contribution in [3.05, 3.63) is 30.5 Å². The van der Waals surface area contributed by atoms with Crippen molar-refractivity contribution in [3.8, 4) is 5.75 Å². The molecule has 0 amide bonds. The van der Waals surface area contributed by atoms with Crippen molar-refractivity contribution in [3.63, 3.8) is 0 Å². The number of fused-ring (bicyclic) bond motifs is 1. The molecule has 1 aliphatic heterocycles. The van der Waals surface area contributed by atoms with Gasteiger partial charge in [0.05, 0.1) is 7.11 Å². The van der Waals surface area contributed by atoms with Gasteiger partial charge in [0.2, 0.25) is 0 Å². The lowest BCUT2D eigenvalue weighted by Gasteiger charge is -2.19. The molecule has 1 N–H and O–H groups in total. The SMILES string of the molecule is CNC1CCN(c2nccc3ccc(OC)cc23)C1. The Bertz CT molecular complexity index is 585. The zero-order valence-electron chi connectivity index (χ0n) is 11.4. The second-order valence-electron chi connectivity index (χ2n) is 4.94. The third-order valence-electron chi connectivity index (χ3n) is 3.85. The Morgan fingerprint density at radius 3 is 3.00 bits per heavy atom. The van der Waals surface area contributed by atoms with Crippen LogP contribution in [0, 0.1) is 0 Å². The first-order valence-electron chi connectivity index (χ1n) is 6.67. The predicted molar refractivity (Wildman–Crippen MR) is 78.0 cm³/mol. The Kier molecular flexibility index (Phi) is 3.25. The van der Waals surface area contributed by atoms with E-state index in [9.17, 15) is 0 Å². The number of nitrogens with one attached hydrogen (secondary N) is 1. The van der Waals surface area contributed by atoms with Crippen LogP contribution < -0.4 is 15.0 Å². The van der Waals surface area contributed by atoms with Gasteiger partial charge in [0.15, 0.2) is 0 Å². The van der Waals surface area contributed by atoms with Crippen LogP contribution in [0.5, 0.6) is 5.75 Å². The van der Waals surface area contributed by atoms with Crippen molar-refractivity contribution in [2.75, 3.05) is 32.1 Å². The maximum atomic E-state index is 5.32. The molecule has 2 heterocycles. The van der Waals surface area contributed by atoms with Crippen molar-refractivity contribution in [2.24, 2.45) is 0 Å². The number of hydrogen-bond donors (Lipinski definition) is 1. The molecule has 2 aromatic rings. The van der Waals surface area contributed by atoms with Crippen molar-refractivity contribution in [1.82, 2.24) is 10.3 Å². The molecule has 1 atom stereocenters. The summed E-state index contributed by atoms with van der Waals surface area (Å²) in [5.74, 6) is 1.94. The molecule has 1 aromatic heterocycles. The predicted octanol–water partition coefficient (Wildman–Crippen LogP) is 2.04. The summed E-state index contributed by atoms with van der Waals surface area (Å²) in [6.07, 6.45) is 3.05. The van der Waals surface area contributed by atoms with Crippen molar-refractivity contribution >= 4 is 16.6 Å². The van der Waals surface area contributed by atoms with E-state index in [-0.39, 0.29) is 0 Å². The van der Waals surface area contributed by atoms with E-state index in [0.29, 0.717) is 6.04 Å². The van der Waals surface area contributed by atoms with E-state index >= 15 is 0 Å². The number of nitrogens with zero attached hydrogens (tertiary/aromatic N) is 2. The van der Waals surface area contributed by atoms with Gasteiger partial charge in [0.1, 0.15) is 11.6 Å². The molecule has 4 nitrogen and oxygen atoms in total. The Morgan fingerprint density at radius 1 is 1.37 bits per heavy atom. The number of pyridine rings is 1. The van der Waals surface area contributed by atoms with Crippen molar-refractivity contribution in [1.29, 1.82) is 0 Å². The number of anilines is 1. The van der Waals surface area contributed by atoms with E-state index in [0.717, 1.165) is 24.7 Å². The Morgan fingerprint density at radius 2 is 2.26 bits per heavy atom. The summed E-state index contributed by atoms with van der Waals surface area (Å²) in [4.78, 5) is 6.93. The second kappa shape index (κ2) is 5.05. The largest absolute Gasteiger partial charge is 0.497 e. The molecule has 100 valence electrons. The van der Waals surface area contributed by atoms with Gasteiger partial charge in [-0.15, -0.1) is 0 Å². The minimum atomic E-state index is 0.558. The Labute approximate surface area is 113 Å². The molecule has 0 saturated carbocycles. The van der Waals surface area contributed by atoms with Crippen LogP contribution in [0.2, 0.25) is 0 Å². The number of methoxy groups -OCH3 is 1. The van der Waals surface area contributed by atoms with Crippen LogP contribution in [0.3, 0.4) is 0 Å². The van der Waals surface area contributed by atoms with E-state index in [1.807, 2.05) is 25.4 Å². The minimum Gasteiger partial charge on any atom is -0.497 e. The number of benzene rings is 1. The lowest BCUT2D eigenvalue weighted by molar-refractivity contribution is 0.415. The summed E-state index contributed by atoms with van der Waals surface area (Å²) in [7, 11) is 3.72. The summed E-state index contributed by atoms with van der Waals surface area (Å²) in [5, 5.41) is 5.71. The number of aromatic nitrogens is 1. The van der Waals surface area contributed by atoms with Gasteiger partial charge in [-0.2, -0.15) is 0 Å². The molecule has 1 aromatic carbocycles. The molecule has 4 heteroatoms. The average molecular weight is 257 g/mol. The number of likely N-dealkylation sites (N-methyl/N-ethyl adjacent to an activating group) is 1. The minimum absolute atomic E-state index is 0.558. The summed E-state index contributed by atoms with van der Waals surface area (Å²) in [5.41, 5.74) is 0. The molecular weight excluding hydrogens is 238 g/mol. The Balaban J connectivity index is 2.03. The van der Waals surface area contributed by atoms with Crippen LogP contribution in [0.4, 0.5) is 5.82 Å². The van der Waals surface area contributed by atoms with E-state index in [4.69, 9.17) is 4.74 Å². The van der Waals surface area contributed by atoms with Crippen LogP contribution >= 0.6 is 0 Å². The molecule has 1 aliphatic rings. The molecule has 1 saturated heterocycles. The maximum absolute atomic E-state index is 5.32. The molecular formula is C15H19N3O. The lowest BCUT2D eigenvalue weighted by atomic mass is 10.1. The van der Waals surface area contributed by atoms with Crippen molar-refractivity contribution < 1.29 is 4.74 Å². The normalized spacial score (nSPS) is 19.1. The van der Waals surface area contributed by atoms with Crippen LogP contribution in [0.1, 0.15) is 6.42 Å². The first kappa shape index (κ1) is 12.2. The van der Waals surface area contributed by atoms with Crippen LogP contribution in [-0.4, -0.2) is 38.3 Å². The third-order valence-corrected chi connectivity index (χ3v) is 3.85. The molecule has 0 bridgehead atoms. The molecule has 19 heavy (non-hydrogen) atoms. The fourth-order valence-corrected chi connectivity index (χ4v) is 2.70. The second-order valence-corrected chi connectivity index (χ2v) is 4.94. The first-order chi connectivity index (χ1) is 9.31. The van der Waals surface area contributed by atoms with E-state index in [2.05, 4.69) is 27.3 Å². The van der Waals surface area contributed by atoms with Gasteiger partial charge in [-0.3, -0.25) is 0 Å². The summed E-state index contributed by atoms with van der Waals surface area (Å²) in [6, 6.07) is 8.76. The van der Waals surface area contributed by atoms with Crippen LogP contribution in [0.25, 0.3) is 10.8 Å². The molecule has 0 radical (unpaired) electrons. The molecule has 1 fully saturated rings. The topological polar surface area (TPSA) is 37.4 Å². The first-order valence-corrected chi connectivity index (χ1v) is 6.67. The lowest BCUT2D eigenvalue weighted by Crippen LogP contribution is -2.29. The van der Waals surface area contributed by atoms with Gasteiger partial charge in [-0.05, 0) is 37.1 Å². The van der Waals surface area contributed by atoms with Gasteiger partial charge in [-0.25, -0.2) is 4.98 Å². The van der Waals surface area contributed by atoms with Crippen LogP contribution in [0.15, 0.2) is 30.5 Å². The standard InChI is InChI=1S/C15H19N3O/c1-16-12-6-8-18(10-12)15-14-9-13(19-2)4-3-11(14)5-7-17-15/h3-5,7,9,12,16H,6,8,10H2,1-2H3. The third kappa shape index (κ3) is 2.24. The highest BCUT2D eigenvalue weighted by Gasteiger charge is 2.23. The molecule has 1 unspecified atom stereocenters. The average Bonchev–Trinajstić information content (AvgIpc) is 2.94. The fraction of sp³-hybridized carbons (Fsp3) is 0.400. The Hall–Kier alpha value is -1.81. The maximum Gasteiger partial charge on any atom is 0.136 e. The van der Waals surface area contributed by atoms with Gasteiger partial charge in [-0.1, -0.05) is 6.07 Å². The quantitative estimate of drug-likeness (QED) is 0.913. The highest BCUT2D eigenvalue weighted by molar-refractivity contribution is 5.93. The highest BCUT2D eigenvalue weighted by Crippen LogP contribution is 2.29. The van der Waals surface area contributed by atoms with E-state index < -0.39 is 0 Å². The number of rotatable bonds is 3. The monoisotopic (exact) mass is 257 g/mol. The van der Waals surface area contributed by atoms with Gasteiger partial charge >= 0.3 is 0 Å². The zero-order valence-corrected chi connectivity index (χ0v) is 11.4. The van der Waals surface area contributed by atoms with Crippen LogP contribution in [-0.2, 0) is 0 Å².